The first kappa shape index (κ1) is 11.3. The van der Waals surface area contributed by atoms with E-state index in [1.807, 2.05) is 6.07 Å². The molecule has 0 aliphatic carbocycles. The van der Waals surface area contributed by atoms with E-state index in [0.717, 1.165) is 16.5 Å². The summed E-state index contributed by atoms with van der Waals surface area (Å²) < 4.78 is 4.72. The summed E-state index contributed by atoms with van der Waals surface area (Å²) in [6, 6.07) is 3.55. The summed E-state index contributed by atoms with van der Waals surface area (Å²) in [7, 11) is 1.34. The maximum absolute atomic E-state index is 11.6. The molecule has 5 heteroatoms. The average molecular weight is 232 g/mol. The molecule has 2 N–H and O–H groups in total. The SMILES string of the molecule is COC(=O)c1cc(C=CCO)cc2[nH]ncc12. The van der Waals surface area contributed by atoms with E-state index >= 15 is 0 Å². The van der Waals surface area contributed by atoms with Crippen LogP contribution >= 0.6 is 0 Å². The molecule has 1 heterocycles. The van der Waals surface area contributed by atoms with E-state index in [4.69, 9.17) is 9.84 Å². The van der Waals surface area contributed by atoms with Crippen molar-refractivity contribution in [3.05, 3.63) is 35.5 Å². The number of methoxy groups -OCH3 is 1. The Hall–Kier alpha value is -2.14. The first-order valence-electron chi connectivity index (χ1n) is 5.09. The fourth-order valence-electron chi connectivity index (χ4n) is 1.64. The Kier molecular flexibility index (Phi) is 3.20. The Morgan fingerprint density at radius 3 is 3.12 bits per heavy atom. The summed E-state index contributed by atoms with van der Waals surface area (Å²) in [5, 5.41) is 16.1. The average Bonchev–Trinajstić information content (AvgIpc) is 2.82. The fraction of sp³-hybridized carbons (Fsp3) is 0.167. The number of nitrogens with one attached hydrogen (secondary N) is 1. The molecule has 0 amide bonds. The number of H-pyrrole nitrogens is 1. The number of rotatable bonds is 3. The lowest BCUT2D eigenvalue weighted by Gasteiger charge is -2.02. The van der Waals surface area contributed by atoms with E-state index in [1.165, 1.54) is 7.11 Å². The molecule has 2 aromatic rings. The summed E-state index contributed by atoms with van der Waals surface area (Å²) in [6.45, 7) is -0.0471. The zero-order valence-corrected chi connectivity index (χ0v) is 9.30. The van der Waals surface area contributed by atoms with Crippen LogP contribution in [-0.2, 0) is 4.74 Å². The van der Waals surface area contributed by atoms with Crippen LogP contribution < -0.4 is 0 Å². The van der Waals surface area contributed by atoms with E-state index in [2.05, 4.69) is 10.2 Å². The van der Waals surface area contributed by atoms with Crippen LogP contribution in [0, 0.1) is 0 Å². The second-order valence-electron chi connectivity index (χ2n) is 3.48. The zero-order chi connectivity index (χ0) is 12.3. The van der Waals surface area contributed by atoms with Crippen molar-refractivity contribution in [1.82, 2.24) is 10.2 Å². The molecule has 0 aliphatic rings. The van der Waals surface area contributed by atoms with Gasteiger partial charge in [-0.25, -0.2) is 4.79 Å². The van der Waals surface area contributed by atoms with Gasteiger partial charge >= 0.3 is 5.97 Å². The minimum atomic E-state index is -0.407. The highest BCUT2D eigenvalue weighted by Crippen LogP contribution is 2.20. The van der Waals surface area contributed by atoms with Crippen molar-refractivity contribution in [3.8, 4) is 0 Å². The Balaban J connectivity index is 2.58. The van der Waals surface area contributed by atoms with Gasteiger partial charge in [0.05, 0.1) is 31.0 Å². The van der Waals surface area contributed by atoms with Crippen LogP contribution in [0.2, 0.25) is 0 Å². The number of esters is 1. The number of hydrogen-bond donors (Lipinski definition) is 2. The molecule has 1 aromatic heterocycles. The fourth-order valence-corrected chi connectivity index (χ4v) is 1.64. The smallest absolute Gasteiger partial charge is 0.338 e. The number of aliphatic hydroxyl groups is 1. The highest BCUT2D eigenvalue weighted by Gasteiger charge is 2.12. The van der Waals surface area contributed by atoms with Crippen LogP contribution in [0.25, 0.3) is 17.0 Å². The van der Waals surface area contributed by atoms with Crippen LogP contribution in [0.15, 0.2) is 24.4 Å². The molecule has 0 atom stereocenters. The van der Waals surface area contributed by atoms with Crippen molar-refractivity contribution in [2.45, 2.75) is 0 Å². The predicted octanol–water partition coefficient (Wildman–Crippen LogP) is 1.35. The lowest BCUT2D eigenvalue weighted by atomic mass is 10.1. The van der Waals surface area contributed by atoms with Crippen LogP contribution in [0.1, 0.15) is 15.9 Å². The van der Waals surface area contributed by atoms with Crippen molar-refractivity contribution < 1.29 is 14.6 Å². The van der Waals surface area contributed by atoms with Crippen LogP contribution in [-0.4, -0.2) is 35.0 Å². The molecule has 17 heavy (non-hydrogen) atoms. The lowest BCUT2D eigenvalue weighted by molar-refractivity contribution is 0.0603. The normalized spacial score (nSPS) is 11.2. The van der Waals surface area contributed by atoms with E-state index in [1.54, 1.807) is 24.4 Å². The van der Waals surface area contributed by atoms with Gasteiger partial charge in [-0.1, -0.05) is 12.2 Å². The molecule has 5 nitrogen and oxygen atoms in total. The number of aromatic nitrogens is 2. The molecule has 0 radical (unpaired) electrons. The van der Waals surface area contributed by atoms with Gasteiger partial charge in [0.25, 0.3) is 0 Å². The monoisotopic (exact) mass is 232 g/mol. The van der Waals surface area contributed by atoms with Gasteiger partial charge in [-0.2, -0.15) is 5.10 Å². The third kappa shape index (κ3) is 2.19. The summed E-state index contributed by atoms with van der Waals surface area (Å²) in [4.78, 5) is 11.6. The summed E-state index contributed by atoms with van der Waals surface area (Å²) in [5.74, 6) is -0.407. The molecule has 0 saturated heterocycles. The molecule has 0 bridgehead atoms. The van der Waals surface area contributed by atoms with Crippen LogP contribution in [0.5, 0.6) is 0 Å². The second kappa shape index (κ2) is 4.80. The number of benzene rings is 1. The molecule has 2 rings (SSSR count). The topological polar surface area (TPSA) is 75.2 Å². The Labute approximate surface area is 97.7 Å². The van der Waals surface area contributed by atoms with Crippen molar-refractivity contribution in [2.75, 3.05) is 13.7 Å². The number of carbonyl (C=O) groups is 1. The van der Waals surface area contributed by atoms with Crippen LogP contribution in [0.4, 0.5) is 0 Å². The van der Waals surface area contributed by atoms with Gasteiger partial charge in [-0.15, -0.1) is 0 Å². The maximum Gasteiger partial charge on any atom is 0.338 e. The van der Waals surface area contributed by atoms with Gasteiger partial charge in [0.2, 0.25) is 0 Å². The van der Waals surface area contributed by atoms with Crippen molar-refractivity contribution in [3.63, 3.8) is 0 Å². The second-order valence-corrected chi connectivity index (χ2v) is 3.48. The maximum atomic E-state index is 11.6. The first-order chi connectivity index (χ1) is 8.26. The summed E-state index contributed by atoms with van der Waals surface area (Å²) in [6.07, 6.45) is 4.91. The molecule has 0 saturated carbocycles. The minimum Gasteiger partial charge on any atom is -0.465 e. The highest BCUT2D eigenvalue weighted by molar-refractivity contribution is 6.04. The molecule has 0 aliphatic heterocycles. The number of nitrogens with zero attached hydrogens (tertiary/aromatic N) is 1. The Morgan fingerprint density at radius 1 is 1.59 bits per heavy atom. The van der Waals surface area contributed by atoms with Gasteiger partial charge in [0.1, 0.15) is 0 Å². The van der Waals surface area contributed by atoms with Crippen molar-refractivity contribution in [2.24, 2.45) is 0 Å². The third-order valence-electron chi connectivity index (χ3n) is 2.40. The molecule has 1 aromatic carbocycles. The molecule has 0 fully saturated rings. The van der Waals surface area contributed by atoms with Gasteiger partial charge in [0, 0.05) is 5.39 Å². The number of ether oxygens (including phenoxy) is 1. The number of aliphatic hydroxyl groups excluding tert-OH is 1. The summed E-state index contributed by atoms with van der Waals surface area (Å²) >= 11 is 0. The number of hydrogen-bond acceptors (Lipinski definition) is 4. The van der Waals surface area contributed by atoms with E-state index in [0.29, 0.717) is 5.56 Å². The lowest BCUT2D eigenvalue weighted by Crippen LogP contribution is -2.02. The predicted molar refractivity (Wildman–Crippen MR) is 63.6 cm³/mol. The molecular formula is C12H12N2O3. The standard InChI is InChI=1S/C12H12N2O3/c1-17-12(16)9-5-8(3-2-4-15)6-11-10(9)7-13-14-11/h2-3,5-7,15H,4H2,1H3,(H,13,14). The van der Waals surface area contributed by atoms with Crippen molar-refractivity contribution >= 4 is 22.9 Å². The van der Waals surface area contributed by atoms with Gasteiger partial charge in [-0.05, 0) is 17.7 Å². The van der Waals surface area contributed by atoms with Crippen molar-refractivity contribution in [1.29, 1.82) is 0 Å². The minimum absolute atomic E-state index is 0.0471. The van der Waals surface area contributed by atoms with Gasteiger partial charge in [-0.3, -0.25) is 5.10 Å². The Bertz CT molecular complexity index is 572. The molecular weight excluding hydrogens is 220 g/mol. The van der Waals surface area contributed by atoms with E-state index in [9.17, 15) is 4.79 Å². The van der Waals surface area contributed by atoms with E-state index < -0.39 is 5.97 Å². The summed E-state index contributed by atoms with van der Waals surface area (Å²) in [5.41, 5.74) is 2.01. The molecule has 0 spiro atoms. The largest absolute Gasteiger partial charge is 0.465 e. The van der Waals surface area contributed by atoms with Gasteiger partial charge < -0.3 is 9.84 Å². The number of aromatic amines is 1. The Morgan fingerprint density at radius 2 is 2.41 bits per heavy atom. The zero-order valence-electron chi connectivity index (χ0n) is 9.30. The molecule has 88 valence electrons. The van der Waals surface area contributed by atoms with E-state index in [-0.39, 0.29) is 6.61 Å². The quantitative estimate of drug-likeness (QED) is 0.783. The van der Waals surface area contributed by atoms with Gasteiger partial charge in [0.15, 0.2) is 0 Å². The highest BCUT2D eigenvalue weighted by atomic mass is 16.5. The number of carbonyl (C=O) groups excluding carboxylic acids is 1. The third-order valence-corrected chi connectivity index (χ3v) is 2.40. The van der Waals surface area contributed by atoms with Crippen LogP contribution in [0.3, 0.4) is 0 Å². The molecule has 0 unspecified atom stereocenters. The number of fused-ring (bicyclic) bond motifs is 1. The first-order valence-corrected chi connectivity index (χ1v) is 5.09.